The van der Waals surface area contributed by atoms with E-state index in [-0.39, 0.29) is 5.91 Å². The SMILES string of the molecule is CSC(C)c1ccc(C(=O)NCCCCCCOP(C)(=O)O)cc1. The average molecular weight is 373 g/mol. The monoisotopic (exact) mass is 373 g/mol. The van der Waals surface area contributed by atoms with Crippen molar-refractivity contribution in [2.75, 3.05) is 26.1 Å². The van der Waals surface area contributed by atoms with Crippen LogP contribution in [0.2, 0.25) is 0 Å². The number of carbonyl (C=O) groups is 1. The van der Waals surface area contributed by atoms with E-state index < -0.39 is 7.60 Å². The molecule has 0 heterocycles. The molecule has 24 heavy (non-hydrogen) atoms. The standard InChI is InChI=1S/C17H28NO4PS/c1-14(24-3)15-8-10-16(11-9-15)17(19)18-12-6-4-5-7-13-22-23(2,20)21/h8-11,14H,4-7,12-13H2,1-3H3,(H,18,19)(H,20,21). The van der Waals surface area contributed by atoms with Crippen LogP contribution in [0.4, 0.5) is 0 Å². The van der Waals surface area contributed by atoms with Gasteiger partial charge in [-0.3, -0.25) is 9.36 Å². The third kappa shape index (κ3) is 8.88. The Bertz CT molecular complexity index is 544. The van der Waals surface area contributed by atoms with Crippen LogP contribution in [0.1, 0.15) is 53.8 Å². The molecular weight excluding hydrogens is 345 g/mol. The molecule has 0 aliphatic carbocycles. The van der Waals surface area contributed by atoms with E-state index in [1.54, 1.807) is 11.8 Å². The molecule has 0 aliphatic rings. The Morgan fingerprint density at radius 2 is 1.88 bits per heavy atom. The molecule has 0 saturated carbocycles. The average Bonchev–Trinajstić information content (AvgIpc) is 2.55. The first-order valence-corrected chi connectivity index (χ1v) is 11.5. The third-order valence-corrected chi connectivity index (χ3v) is 5.32. The van der Waals surface area contributed by atoms with Crippen LogP contribution in [-0.2, 0) is 9.09 Å². The first kappa shape index (κ1) is 21.2. The molecule has 0 aromatic heterocycles. The first-order valence-electron chi connectivity index (χ1n) is 8.19. The van der Waals surface area contributed by atoms with Crippen LogP contribution >= 0.6 is 19.4 Å². The number of amides is 1. The van der Waals surface area contributed by atoms with Gasteiger partial charge in [-0.1, -0.05) is 25.0 Å². The van der Waals surface area contributed by atoms with Crippen LogP contribution < -0.4 is 5.32 Å². The van der Waals surface area contributed by atoms with Gasteiger partial charge in [0.2, 0.25) is 0 Å². The zero-order chi connectivity index (χ0) is 18.0. The quantitative estimate of drug-likeness (QED) is 0.448. The van der Waals surface area contributed by atoms with E-state index in [0.29, 0.717) is 24.0 Å². The van der Waals surface area contributed by atoms with Crippen molar-refractivity contribution < 1.29 is 18.8 Å². The number of rotatable bonds is 11. The molecule has 0 aliphatic heterocycles. The second kappa shape index (κ2) is 10.9. The van der Waals surface area contributed by atoms with Gasteiger partial charge in [0.05, 0.1) is 6.61 Å². The van der Waals surface area contributed by atoms with Crippen molar-refractivity contribution >= 4 is 25.3 Å². The number of thioether (sulfide) groups is 1. The van der Waals surface area contributed by atoms with Gasteiger partial charge in [0.15, 0.2) is 0 Å². The molecule has 2 N–H and O–H groups in total. The summed E-state index contributed by atoms with van der Waals surface area (Å²) in [7, 11) is -3.34. The Balaban J connectivity index is 2.17. The van der Waals surface area contributed by atoms with Crippen LogP contribution in [0.5, 0.6) is 0 Å². The highest BCUT2D eigenvalue weighted by Gasteiger charge is 2.09. The molecule has 1 rings (SSSR count). The largest absolute Gasteiger partial charge is 0.352 e. The molecule has 0 radical (unpaired) electrons. The number of hydrogen-bond donors (Lipinski definition) is 2. The van der Waals surface area contributed by atoms with Gasteiger partial charge in [-0.2, -0.15) is 11.8 Å². The van der Waals surface area contributed by atoms with Crippen LogP contribution in [0.25, 0.3) is 0 Å². The second-order valence-corrected chi connectivity index (χ2v) is 8.85. The van der Waals surface area contributed by atoms with Gasteiger partial charge < -0.3 is 14.7 Å². The lowest BCUT2D eigenvalue weighted by Gasteiger charge is -2.10. The molecule has 5 nitrogen and oxygen atoms in total. The van der Waals surface area contributed by atoms with Gasteiger partial charge in [0.1, 0.15) is 0 Å². The highest BCUT2D eigenvalue weighted by molar-refractivity contribution is 7.98. The zero-order valence-corrected chi connectivity index (χ0v) is 16.4. The van der Waals surface area contributed by atoms with Gasteiger partial charge in [0, 0.05) is 24.0 Å². The molecule has 0 saturated heterocycles. The predicted octanol–water partition coefficient (Wildman–Crippen LogP) is 4.23. The molecule has 7 heteroatoms. The zero-order valence-electron chi connectivity index (χ0n) is 14.7. The van der Waals surface area contributed by atoms with Crippen molar-refractivity contribution in [2.45, 2.75) is 37.9 Å². The van der Waals surface area contributed by atoms with E-state index in [1.165, 1.54) is 12.2 Å². The van der Waals surface area contributed by atoms with Gasteiger partial charge >= 0.3 is 7.60 Å². The lowest BCUT2D eigenvalue weighted by Crippen LogP contribution is -2.24. The highest BCUT2D eigenvalue weighted by atomic mass is 32.2. The summed E-state index contributed by atoms with van der Waals surface area (Å²) in [5.41, 5.74) is 1.91. The van der Waals surface area contributed by atoms with Gasteiger partial charge in [-0.25, -0.2) is 0 Å². The van der Waals surface area contributed by atoms with Crippen molar-refractivity contribution in [1.29, 1.82) is 0 Å². The van der Waals surface area contributed by atoms with E-state index in [4.69, 9.17) is 9.42 Å². The summed E-state index contributed by atoms with van der Waals surface area (Å²) in [6.07, 6.45) is 5.57. The maximum Gasteiger partial charge on any atom is 0.325 e. The molecule has 1 amide bonds. The fraction of sp³-hybridized carbons (Fsp3) is 0.588. The molecule has 0 bridgehead atoms. The summed E-state index contributed by atoms with van der Waals surface area (Å²) in [5, 5.41) is 3.35. The van der Waals surface area contributed by atoms with Crippen LogP contribution in [0, 0.1) is 0 Å². The molecule has 2 atom stereocenters. The van der Waals surface area contributed by atoms with Crippen molar-refractivity contribution in [2.24, 2.45) is 0 Å². The first-order chi connectivity index (χ1) is 11.3. The third-order valence-electron chi connectivity index (χ3n) is 3.68. The number of hydrogen-bond acceptors (Lipinski definition) is 4. The Morgan fingerprint density at radius 3 is 2.46 bits per heavy atom. The molecule has 1 aromatic rings. The smallest absolute Gasteiger partial charge is 0.325 e. The summed E-state index contributed by atoms with van der Waals surface area (Å²) in [6.45, 7) is 4.27. The van der Waals surface area contributed by atoms with E-state index in [2.05, 4.69) is 18.5 Å². The topological polar surface area (TPSA) is 75.6 Å². The van der Waals surface area contributed by atoms with Crippen molar-refractivity contribution in [3.63, 3.8) is 0 Å². The molecule has 136 valence electrons. The van der Waals surface area contributed by atoms with Crippen LogP contribution in [0.3, 0.4) is 0 Å². The normalized spacial score (nSPS) is 14.8. The van der Waals surface area contributed by atoms with Crippen molar-refractivity contribution in [3.8, 4) is 0 Å². The van der Waals surface area contributed by atoms with Crippen LogP contribution in [0.15, 0.2) is 24.3 Å². The number of unbranched alkanes of at least 4 members (excludes halogenated alkanes) is 3. The number of carbonyl (C=O) groups excluding carboxylic acids is 1. The molecule has 1 aromatic carbocycles. The maximum absolute atomic E-state index is 12.0. The number of benzene rings is 1. The second-order valence-electron chi connectivity index (χ2n) is 5.81. The van der Waals surface area contributed by atoms with Gasteiger partial charge in [0.25, 0.3) is 5.91 Å². The summed E-state index contributed by atoms with van der Waals surface area (Å²) >= 11 is 1.78. The van der Waals surface area contributed by atoms with E-state index >= 15 is 0 Å². The lowest BCUT2D eigenvalue weighted by atomic mass is 10.1. The summed E-state index contributed by atoms with van der Waals surface area (Å²) in [6, 6.07) is 7.74. The minimum absolute atomic E-state index is 0.0473. The van der Waals surface area contributed by atoms with Gasteiger partial charge in [-0.15, -0.1) is 0 Å². The van der Waals surface area contributed by atoms with E-state index in [1.807, 2.05) is 24.3 Å². The fourth-order valence-corrected chi connectivity index (χ4v) is 3.06. The summed E-state index contributed by atoms with van der Waals surface area (Å²) < 4.78 is 15.7. The predicted molar refractivity (Wildman–Crippen MR) is 101 cm³/mol. The highest BCUT2D eigenvalue weighted by Crippen LogP contribution is 2.36. The molecule has 0 fully saturated rings. The summed E-state index contributed by atoms with van der Waals surface area (Å²) in [4.78, 5) is 21.0. The maximum atomic E-state index is 12.0. The molecule has 0 spiro atoms. The Morgan fingerprint density at radius 1 is 1.25 bits per heavy atom. The lowest BCUT2D eigenvalue weighted by molar-refractivity contribution is 0.0952. The van der Waals surface area contributed by atoms with E-state index in [9.17, 15) is 9.36 Å². The van der Waals surface area contributed by atoms with Crippen LogP contribution in [-0.4, -0.2) is 36.9 Å². The van der Waals surface area contributed by atoms with Crippen molar-refractivity contribution in [1.82, 2.24) is 5.32 Å². The van der Waals surface area contributed by atoms with Crippen molar-refractivity contribution in [3.05, 3.63) is 35.4 Å². The minimum Gasteiger partial charge on any atom is -0.352 e. The van der Waals surface area contributed by atoms with E-state index in [0.717, 1.165) is 25.7 Å². The fourth-order valence-electron chi connectivity index (χ4n) is 2.16. The Kier molecular flexibility index (Phi) is 9.67. The Labute approximate surface area is 149 Å². The summed E-state index contributed by atoms with van der Waals surface area (Å²) in [5.74, 6) is -0.0473. The Hall–Kier alpha value is -0.810. The molecule has 2 unspecified atom stereocenters. The minimum atomic E-state index is -3.34. The number of nitrogens with one attached hydrogen (secondary N) is 1. The van der Waals surface area contributed by atoms with Gasteiger partial charge in [-0.05, 0) is 43.7 Å². The molecular formula is C17H28NO4PS.